The van der Waals surface area contributed by atoms with Crippen molar-refractivity contribution < 1.29 is 19.4 Å². The molecule has 0 saturated carbocycles. The number of hydrogen-bond donors (Lipinski definition) is 2. The smallest absolute Gasteiger partial charge is 0.320 e. The number of benzene rings is 4. The van der Waals surface area contributed by atoms with Crippen molar-refractivity contribution >= 4 is 11.7 Å². The molecular formula is C36H43N3O4. The van der Waals surface area contributed by atoms with E-state index in [0.29, 0.717) is 39.3 Å². The summed E-state index contributed by atoms with van der Waals surface area (Å²) in [4.78, 5) is 15.8. The lowest BCUT2D eigenvalue weighted by molar-refractivity contribution is -0.138. The van der Waals surface area contributed by atoms with Crippen LogP contribution in [0.1, 0.15) is 39.8 Å². The van der Waals surface area contributed by atoms with Gasteiger partial charge in [-0.2, -0.15) is 0 Å². The number of nitrogens with two attached hydrogens (primary N) is 1. The zero-order valence-corrected chi connectivity index (χ0v) is 25.6. The lowest BCUT2D eigenvalue weighted by atomic mass is 10.1. The maximum atomic E-state index is 11.6. The molecule has 4 rings (SSSR count). The molecule has 4 aromatic rings. The monoisotopic (exact) mass is 581 g/mol. The first-order chi connectivity index (χ1) is 20.7. The van der Waals surface area contributed by atoms with Gasteiger partial charge in [-0.1, -0.05) is 90.0 Å². The van der Waals surface area contributed by atoms with Gasteiger partial charge in [0, 0.05) is 44.9 Å². The van der Waals surface area contributed by atoms with Crippen LogP contribution in [-0.2, 0) is 31.1 Å². The van der Waals surface area contributed by atoms with Gasteiger partial charge in [0.15, 0.2) is 0 Å². The third-order valence-corrected chi connectivity index (χ3v) is 7.33. The van der Waals surface area contributed by atoms with E-state index in [0.717, 1.165) is 39.4 Å². The van der Waals surface area contributed by atoms with Gasteiger partial charge in [0.25, 0.3) is 0 Å². The predicted octanol–water partition coefficient (Wildman–Crippen LogP) is 6.33. The summed E-state index contributed by atoms with van der Waals surface area (Å²) in [5.74, 6) is 0.610. The molecule has 0 spiro atoms. The van der Waals surface area contributed by atoms with E-state index in [1.54, 1.807) is 0 Å². The van der Waals surface area contributed by atoms with E-state index < -0.39 is 12.0 Å². The summed E-state index contributed by atoms with van der Waals surface area (Å²) in [7, 11) is 4.01. The van der Waals surface area contributed by atoms with Crippen LogP contribution in [0.3, 0.4) is 0 Å². The van der Waals surface area contributed by atoms with Gasteiger partial charge in [-0.15, -0.1) is 0 Å². The molecule has 0 unspecified atom stereocenters. The molecule has 7 heteroatoms. The fourth-order valence-corrected chi connectivity index (χ4v) is 5.05. The number of carbonyl (C=O) groups is 1. The number of carboxylic acids is 1. The van der Waals surface area contributed by atoms with Gasteiger partial charge in [0.1, 0.15) is 30.8 Å². The first kappa shape index (κ1) is 31.6. The number of hydrogen-bond acceptors (Lipinski definition) is 6. The highest BCUT2D eigenvalue weighted by atomic mass is 16.5. The Kier molecular flexibility index (Phi) is 11.2. The van der Waals surface area contributed by atoms with Crippen LogP contribution in [0.25, 0.3) is 0 Å². The number of ether oxygens (including phenoxy) is 2. The summed E-state index contributed by atoms with van der Waals surface area (Å²) >= 11 is 0. The Morgan fingerprint density at radius 1 is 0.791 bits per heavy atom. The Balaban J connectivity index is 1.59. The fourth-order valence-electron chi connectivity index (χ4n) is 5.05. The van der Waals surface area contributed by atoms with Crippen molar-refractivity contribution in [3.63, 3.8) is 0 Å². The average Bonchev–Trinajstić information content (AvgIpc) is 2.98. The molecule has 0 heterocycles. The van der Waals surface area contributed by atoms with E-state index in [4.69, 9.17) is 15.2 Å². The molecular weight excluding hydrogens is 538 g/mol. The van der Waals surface area contributed by atoms with Gasteiger partial charge in [0.05, 0.1) is 5.69 Å². The molecule has 0 radical (unpaired) electrons. The minimum absolute atomic E-state index is 0.314. The molecule has 7 nitrogen and oxygen atoms in total. The van der Waals surface area contributed by atoms with Crippen molar-refractivity contribution in [1.29, 1.82) is 0 Å². The molecule has 0 aliphatic carbocycles. The fraction of sp³-hybridized carbons (Fsp3) is 0.306. The van der Waals surface area contributed by atoms with E-state index in [1.807, 2.05) is 61.5 Å². The molecule has 0 amide bonds. The maximum absolute atomic E-state index is 11.6. The van der Waals surface area contributed by atoms with Crippen LogP contribution in [-0.4, -0.2) is 42.7 Å². The number of aryl methyl sites for hydroxylation is 2. The minimum atomic E-state index is -1.00. The van der Waals surface area contributed by atoms with Gasteiger partial charge < -0.3 is 25.2 Å². The SMILES string of the molecule is Cc1cccc(COc2ccccc2CN(CC[C@H](N)C(=O)O)Cc2cccc(N(C)C)c2OCc2cccc(C)c2)c1. The Morgan fingerprint density at radius 2 is 1.37 bits per heavy atom. The van der Waals surface area contributed by atoms with Gasteiger partial charge >= 0.3 is 5.97 Å². The van der Waals surface area contributed by atoms with Crippen LogP contribution in [0.5, 0.6) is 11.5 Å². The molecule has 0 aliphatic rings. The highest BCUT2D eigenvalue weighted by Crippen LogP contribution is 2.33. The van der Waals surface area contributed by atoms with Gasteiger partial charge in [-0.05, 0) is 43.5 Å². The molecule has 43 heavy (non-hydrogen) atoms. The number of anilines is 1. The Bertz CT molecular complexity index is 1500. The van der Waals surface area contributed by atoms with Crippen LogP contribution < -0.4 is 20.1 Å². The quantitative estimate of drug-likeness (QED) is 0.170. The topological polar surface area (TPSA) is 88.3 Å². The second kappa shape index (κ2) is 15.2. The molecule has 0 aromatic heterocycles. The van der Waals surface area contributed by atoms with Crippen molar-refractivity contribution in [3.8, 4) is 11.5 Å². The first-order valence-corrected chi connectivity index (χ1v) is 14.6. The lowest BCUT2D eigenvalue weighted by Gasteiger charge is -2.27. The Labute approximate surface area is 255 Å². The van der Waals surface area contributed by atoms with Crippen LogP contribution in [0, 0.1) is 13.8 Å². The van der Waals surface area contributed by atoms with E-state index >= 15 is 0 Å². The number of rotatable bonds is 15. The van der Waals surface area contributed by atoms with E-state index in [9.17, 15) is 9.90 Å². The highest BCUT2D eigenvalue weighted by molar-refractivity contribution is 5.73. The molecule has 226 valence electrons. The van der Waals surface area contributed by atoms with Crippen LogP contribution in [0.4, 0.5) is 5.69 Å². The third kappa shape index (κ3) is 9.33. The van der Waals surface area contributed by atoms with Crippen molar-refractivity contribution in [2.75, 3.05) is 25.5 Å². The zero-order chi connectivity index (χ0) is 30.8. The largest absolute Gasteiger partial charge is 0.489 e. The van der Waals surface area contributed by atoms with Gasteiger partial charge in [-0.25, -0.2) is 0 Å². The number of para-hydroxylation sites is 2. The molecule has 3 N–H and O–H groups in total. The zero-order valence-electron chi connectivity index (χ0n) is 25.6. The van der Waals surface area contributed by atoms with Crippen LogP contribution in [0.2, 0.25) is 0 Å². The minimum Gasteiger partial charge on any atom is -0.489 e. The average molecular weight is 582 g/mol. The van der Waals surface area contributed by atoms with Gasteiger partial charge in [0.2, 0.25) is 0 Å². The van der Waals surface area contributed by atoms with E-state index in [1.165, 1.54) is 11.1 Å². The van der Waals surface area contributed by atoms with E-state index in [2.05, 4.69) is 67.3 Å². The first-order valence-electron chi connectivity index (χ1n) is 14.6. The summed E-state index contributed by atoms with van der Waals surface area (Å²) in [5.41, 5.74) is 13.5. The van der Waals surface area contributed by atoms with Crippen LogP contribution in [0.15, 0.2) is 91.0 Å². The summed E-state index contributed by atoms with van der Waals surface area (Å²) in [5, 5.41) is 9.47. The lowest BCUT2D eigenvalue weighted by Crippen LogP contribution is -2.35. The summed E-state index contributed by atoms with van der Waals surface area (Å²) < 4.78 is 12.8. The number of aliphatic carboxylic acids is 1. The normalized spacial score (nSPS) is 11.8. The van der Waals surface area contributed by atoms with Crippen LogP contribution >= 0.6 is 0 Å². The highest BCUT2D eigenvalue weighted by Gasteiger charge is 2.19. The number of carboxylic acid groups (broad SMARTS) is 1. The summed E-state index contributed by atoms with van der Waals surface area (Å²) in [6, 6.07) is 29.8. The summed E-state index contributed by atoms with van der Waals surface area (Å²) in [6.45, 7) is 6.64. The van der Waals surface area contributed by atoms with E-state index in [-0.39, 0.29) is 0 Å². The van der Waals surface area contributed by atoms with Crippen molar-refractivity contribution in [2.24, 2.45) is 5.73 Å². The standard InChI is InChI=1S/C36H43N3O4/c1-26-10-7-12-28(20-26)24-42-34-17-6-5-14-30(34)22-39(19-18-32(37)36(40)41)23-31-15-9-16-33(38(3)4)35(31)43-25-29-13-8-11-27(2)21-29/h5-17,20-21,32H,18-19,22-25,37H2,1-4H3,(H,40,41)/t32-/m0/s1. The Morgan fingerprint density at radius 3 is 2.00 bits per heavy atom. The molecule has 0 bridgehead atoms. The number of nitrogens with zero attached hydrogens (tertiary/aromatic N) is 2. The van der Waals surface area contributed by atoms with Gasteiger partial charge in [-0.3, -0.25) is 9.69 Å². The third-order valence-electron chi connectivity index (χ3n) is 7.33. The maximum Gasteiger partial charge on any atom is 0.320 e. The molecule has 0 aliphatic heterocycles. The molecule has 4 aromatic carbocycles. The van der Waals surface area contributed by atoms with Crippen molar-refractivity contribution in [3.05, 3.63) is 124 Å². The van der Waals surface area contributed by atoms with Crippen molar-refractivity contribution in [2.45, 2.75) is 52.6 Å². The molecule has 0 fully saturated rings. The summed E-state index contributed by atoms with van der Waals surface area (Å²) in [6.07, 6.45) is 0.314. The Hall–Kier alpha value is -4.33. The second-order valence-electron chi connectivity index (χ2n) is 11.3. The predicted molar refractivity (Wildman–Crippen MR) is 173 cm³/mol. The van der Waals surface area contributed by atoms with Crippen molar-refractivity contribution in [1.82, 2.24) is 4.90 Å². The second-order valence-corrected chi connectivity index (χ2v) is 11.3. The molecule has 1 atom stereocenters. The molecule has 0 saturated heterocycles.